The van der Waals surface area contributed by atoms with Gasteiger partial charge in [0.25, 0.3) is 0 Å². The van der Waals surface area contributed by atoms with Gasteiger partial charge in [-0.1, -0.05) is 0 Å². The molecule has 1 saturated heterocycles. The van der Waals surface area contributed by atoms with E-state index in [2.05, 4.69) is 10.6 Å². The van der Waals surface area contributed by atoms with Gasteiger partial charge in [-0.25, -0.2) is 0 Å². The van der Waals surface area contributed by atoms with Crippen LogP contribution >= 0.6 is 0 Å². The number of rotatable bonds is 3. The van der Waals surface area contributed by atoms with E-state index in [4.69, 9.17) is 5.26 Å². The van der Waals surface area contributed by atoms with Gasteiger partial charge in [0.05, 0.1) is 18.7 Å². The Morgan fingerprint density at radius 3 is 3.20 bits per heavy atom. The third-order valence-corrected chi connectivity index (χ3v) is 2.21. The van der Waals surface area contributed by atoms with Gasteiger partial charge in [-0.05, 0) is 6.92 Å². The van der Waals surface area contributed by atoms with Crippen LogP contribution in [0.15, 0.2) is 0 Å². The third-order valence-electron chi connectivity index (χ3n) is 2.21. The SMILES string of the molecule is CC1NCCN(CC(=O)NCC#N)C1=O. The Balaban J connectivity index is 2.40. The molecule has 0 aliphatic carbocycles. The van der Waals surface area contributed by atoms with Crippen LogP contribution in [0.5, 0.6) is 0 Å². The largest absolute Gasteiger partial charge is 0.341 e. The first-order valence-electron chi connectivity index (χ1n) is 4.81. The number of hydrogen-bond donors (Lipinski definition) is 2. The number of nitrogens with zero attached hydrogens (tertiary/aromatic N) is 2. The molecule has 2 N–H and O–H groups in total. The standard InChI is InChI=1S/C9H14N4O2/c1-7-9(15)13(5-4-11-7)6-8(14)12-3-2-10/h7,11H,3-6H2,1H3,(H,12,14). The summed E-state index contributed by atoms with van der Waals surface area (Å²) in [5.74, 6) is -0.368. The lowest BCUT2D eigenvalue weighted by atomic mass is 10.2. The topological polar surface area (TPSA) is 85.2 Å². The molecule has 1 aliphatic heterocycles. The minimum absolute atomic E-state index is 0.0192. The number of hydrogen-bond acceptors (Lipinski definition) is 4. The highest BCUT2D eigenvalue weighted by molar-refractivity contribution is 5.87. The molecule has 1 unspecified atom stereocenters. The van der Waals surface area contributed by atoms with Crippen LogP contribution in [0, 0.1) is 11.3 Å². The van der Waals surface area contributed by atoms with Crippen molar-refractivity contribution < 1.29 is 9.59 Å². The van der Waals surface area contributed by atoms with E-state index >= 15 is 0 Å². The predicted octanol–water partition coefficient (Wildman–Crippen LogP) is -1.55. The van der Waals surface area contributed by atoms with Crippen LogP contribution in [-0.2, 0) is 9.59 Å². The Bertz CT molecular complexity index is 297. The summed E-state index contributed by atoms with van der Waals surface area (Å²) in [4.78, 5) is 24.3. The summed E-state index contributed by atoms with van der Waals surface area (Å²) in [6.07, 6.45) is 0. The first kappa shape index (κ1) is 11.5. The number of amides is 2. The lowest BCUT2D eigenvalue weighted by Crippen LogP contribution is -2.55. The van der Waals surface area contributed by atoms with E-state index in [0.29, 0.717) is 13.1 Å². The third kappa shape index (κ3) is 3.22. The molecule has 1 rings (SSSR count). The quantitative estimate of drug-likeness (QED) is 0.552. The van der Waals surface area contributed by atoms with Crippen LogP contribution in [0.3, 0.4) is 0 Å². The Morgan fingerprint density at radius 2 is 2.53 bits per heavy atom. The van der Waals surface area contributed by atoms with E-state index < -0.39 is 0 Å². The highest BCUT2D eigenvalue weighted by atomic mass is 16.2. The van der Waals surface area contributed by atoms with Crippen molar-refractivity contribution in [1.29, 1.82) is 5.26 Å². The summed E-state index contributed by atoms with van der Waals surface area (Å²) in [5.41, 5.74) is 0. The van der Waals surface area contributed by atoms with Crippen LogP contribution < -0.4 is 10.6 Å². The van der Waals surface area contributed by atoms with Gasteiger partial charge in [0, 0.05) is 13.1 Å². The number of nitriles is 1. The Morgan fingerprint density at radius 1 is 1.80 bits per heavy atom. The zero-order chi connectivity index (χ0) is 11.3. The van der Waals surface area contributed by atoms with E-state index in [1.807, 2.05) is 6.07 Å². The first-order valence-corrected chi connectivity index (χ1v) is 4.81. The van der Waals surface area contributed by atoms with Crippen molar-refractivity contribution in [3.05, 3.63) is 0 Å². The molecule has 1 heterocycles. The monoisotopic (exact) mass is 210 g/mol. The molecule has 6 heteroatoms. The maximum atomic E-state index is 11.6. The van der Waals surface area contributed by atoms with Crippen molar-refractivity contribution in [3.8, 4) is 6.07 Å². The van der Waals surface area contributed by atoms with Crippen molar-refractivity contribution in [2.45, 2.75) is 13.0 Å². The van der Waals surface area contributed by atoms with Gasteiger partial charge in [-0.15, -0.1) is 0 Å². The van der Waals surface area contributed by atoms with E-state index in [1.165, 1.54) is 4.90 Å². The molecule has 0 aromatic carbocycles. The highest BCUT2D eigenvalue weighted by Gasteiger charge is 2.25. The predicted molar refractivity (Wildman–Crippen MR) is 52.7 cm³/mol. The molecule has 6 nitrogen and oxygen atoms in total. The van der Waals surface area contributed by atoms with Crippen molar-refractivity contribution in [3.63, 3.8) is 0 Å². The summed E-state index contributed by atoms with van der Waals surface area (Å²) in [6.45, 7) is 3.00. The number of piperazine rings is 1. The molecule has 1 atom stereocenters. The van der Waals surface area contributed by atoms with Gasteiger partial charge in [-0.2, -0.15) is 5.26 Å². The second-order valence-corrected chi connectivity index (χ2v) is 3.37. The van der Waals surface area contributed by atoms with Gasteiger partial charge >= 0.3 is 0 Å². The van der Waals surface area contributed by atoms with Crippen LogP contribution in [0.2, 0.25) is 0 Å². The van der Waals surface area contributed by atoms with E-state index in [0.717, 1.165) is 0 Å². The summed E-state index contributed by atoms with van der Waals surface area (Å²) >= 11 is 0. The normalized spacial score (nSPS) is 20.9. The highest BCUT2D eigenvalue weighted by Crippen LogP contribution is 1.99. The molecule has 82 valence electrons. The molecule has 15 heavy (non-hydrogen) atoms. The van der Waals surface area contributed by atoms with Crippen LogP contribution in [-0.4, -0.2) is 48.9 Å². The average Bonchev–Trinajstić information content (AvgIpc) is 2.22. The smallest absolute Gasteiger partial charge is 0.240 e. The van der Waals surface area contributed by atoms with Crippen LogP contribution in [0.4, 0.5) is 0 Å². The number of nitrogens with one attached hydrogen (secondary N) is 2. The second kappa shape index (κ2) is 5.32. The summed E-state index contributed by atoms with van der Waals surface area (Å²) in [7, 11) is 0. The fourth-order valence-electron chi connectivity index (χ4n) is 1.41. The Labute approximate surface area is 88.2 Å². The lowest BCUT2D eigenvalue weighted by Gasteiger charge is -2.30. The van der Waals surface area contributed by atoms with Crippen LogP contribution in [0.1, 0.15) is 6.92 Å². The molecule has 0 radical (unpaired) electrons. The molecule has 1 fully saturated rings. The fraction of sp³-hybridized carbons (Fsp3) is 0.667. The maximum absolute atomic E-state index is 11.6. The van der Waals surface area contributed by atoms with Crippen LogP contribution in [0.25, 0.3) is 0 Å². The molecular formula is C9H14N4O2. The lowest BCUT2D eigenvalue weighted by molar-refractivity contribution is -0.139. The van der Waals surface area contributed by atoms with E-state index in [-0.39, 0.29) is 30.9 Å². The van der Waals surface area contributed by atoms with Gasteiger partial charge in [0.15, 0.2) is 0 Å². The van der Waals surface area contributed by atoms with Gasteiger partial charge in [0.1, 0.15) is 6.54 Å². The molecular weight excluding hydrogens is 196 g/mol. The second-order valence-electron chi connectivity index (χ2n) is 3.37. The number of carbonyl (C=O) groups excluding carboxylic acids is 2. The fourth-order valence-corrected chi connectivity index (χ4v) is 1.41. The summed E-state index contributed by atoms with van der Waals surface area (Å²) < 4.78 is 0. The number of carbonyl (C=O) groups is 2. The molecule has 1 aliphatic rings. The summed E-state index contributed by atoms with van der Waals surface area (Å²) in [5, 5.41) is 13.7. The van der Waals surface area contributed by atoms with E-state index in [1.54, 1.807) is 6.92 Å². The van der Waals surface area contributed by atoms with Crippen molar-refractivity contribution >= 4 is 11.8 Å². The summed E-state index contributed by atoms with van der Waals surface area (Å²) in [6, 6.07) is 1.57. The molecule has 2 amide bonds. The van der Waals surface area contributed by atoms with Gasteiger partial charge < -0.3 is 15.5 Å². The average molecular weight is 210 g/mol. The minimum atomic E-state index is -0.293. The van der Waals surface area contributed by atoms with Crippen molar-refractivity contribution in [2.24, 2.45) is 0 Å². The molecule has 0 bridgehead atoms. The minimum Gasteiger partial charge on any atom is -0.341 e. The Hall–Kier alpha value is -1.61. The molecule has 0 aromatic heterocycles. The van der Waals surface area contributed by atoms with Gasteiger partial charge in [0.2, 0.25) is 11.8 Å². The maximum Gasteiger partial charge on any atom is 0.240 e. The van der Waals surface area contributed by atoms with Crippen molar-refractivity contribution in [1.82, 2.24) is 15.5 Å². The molecule has 0 aromatic rings. The molecule has 0 saturated carbocycles. The Kier molecular flexibility index (Phi) is 4.06. The van der Waals surface area contributed by atoms with Crippen molar-refractivity contribution in [2.75, 3.05) is 26.2 Å². The first-order chi connectivity index (χ1) is 7.15. The molecule has 0 spiro atoms. The zero-order valence-corrected chi connectivity index (χ0v) is 8.62. The van der Waals surface area contributed by atoms with E-state index in [9.17, 15) is 9.59 Å². The van der Waals surface area contributed by atoms with Gasteiger partial charge in [-0.3, -0.25) is 9.59 Å². The zero-order valence-electron chi connectivity index (χ0n) is 8.62.